The first-order valence-electron chi connectivity index (χ1n) is 6.47. The zero-order valence-electron chi connectivity index (χ0n) is 11.5. The third-order valence-corrected chi connectivity index (χ3v) is 3.28. The fourth-order valence-corrected chi connectivity index (χ4v) is 2.12. The van der Waals surface area contributed by atoms with Gasteiger partial charge in [0, 0.05) is 0 Å². The molecule has 1 aromatic carbocycles. The molecular weight excluding hydrogens is 280 g/mol. The van der Waals surface area contributed by atoms with Crippen LogP contribution in [0.3, 0.4) is 0 Å². The van der Waals surface area contributed by atoms with Crippen molar-refractivity contribution < 1.29 is 34.3 Å². The Balaban J connectivity index is 2.06. The molecule has 1 heterocycles. The van der Waals surface area contributed by atoms with Crippen molar-refractivity contribution in [1.82, 2.24) is 0 Å². The maximum Gasteiger partial charge on any atom is 0.337 e. The molecule has 7 heteroatoms. The Morgan fingerprint density at radius 1 is 1.19 bits per heavy atom. The summed E-state index contributed by atoms with van der Waals surface area (Å²) in [6, 6.07) is 9.11. The van der Waals surface area contributed by atoms with Crippen molar-refractivity contribution in [3.8, 4) is 0 Å². The Kier molecular flexibility index (Phi) is 5.27. The highest BCUT2D eigenvalue weighted by molar-refractivity contribution is 5.75. The highest BCUT2D eigenvalue weighted by Gasteiger charge is 2.48. The first-order valence-corrected chi connectivity index (χ1v) is 6.47. The molecule has 5 atom stereocenters. The molecule has 0 aliphatic carbocycles. The molecule has 0 bridgehead atoms. The van der Waals surface area contributed by atoms with Crippen LogP contribution in [0.15, 0.2) is 30.3 Å². The van der Waals surface area contributed by atoms with Crippen molar-refractivity contribution in [1.29, 1.82) is 0 Å². The number of aliphatic hydroxyl groups excluding tert-OH is 3. The van der Waals surface area contributed by atoms with E-state index in [0.717, 1.165) is 12.7 Å². The van der Waals surface area contributed by atoms with Crippen LogP contribution in [-0.4, -0.2) is 59.1 Å². The van der Waals surface area contributed by atoms with Crippen LogP contribution in [0.4, 0.5) is 0 Å². The monoisotopic (exact) mass is 298 g/mol. The molecule has 1 aromatic rings. The second-order valence-corrected chi connectivity index (χ2v) is 4.71. The number of hydrogen-bond donors (Lipinski definition) is 3. The van der Waals surface area contributed by atoms with Gasteiger partial charge in [-0.1, -0.05) is 30.3 Å². The van der Waals surface area contributed by atoms with Crippen molar-refractivity contribution in [2.45, 2.75) is 37.3 Å². The van der Waals surface area contributed by atoms with Gasteiger partial charge in [-0.05, 0) is 5.56 Å². The highest BCUT2D eigenvalue weighted by Crippen LogP contribution is 2.24. The van der Waals surface area contributed by atoms with Crippen LogP contribution < -0.4 is 0 Å². The molecule has 1 aliphatic heterocycles. The molecule has 1 saturated heterocycles. The molecule has 0 aromatic heterocycles. The Bertz CT molecular complexity index is 464. The van der Waals surface area contributed by atoms with Gasteiger partial charge in [0.1, 0.15) is 18.3 Å². The normalized spacial score (nSPS) is 32.7. The van der Waals surface area contributed by atoms with E-state index in [1.807, 2.05) is 30.3 Å². The fourth-order valence-electron chi connectivity index (χ4n) is 2.12. The van der Waals surface area contributed by atoms with Gasteiger partial charge in [0.15, 0.2) is 12.4 Å². The molecule has 0 amide bonds. The Morgan fingerprint density at radius 3 is 2.48 bits per heavy atom. The van der Waals surface area contributed by atoms with Gasteiger partial charge >= 0.3 is 5.97 Å². The summed E-state index contributed by atoms with van der Waals surface area (Å²) in [7, 11) is 1.13. The summed E-state index contributed by atoms with van der Waals surface area (Å²) in [4.78, 5) is 11.5. The lowest BCUT2D eigenvalue weighted by Crippen LogP contribution is -2.60. The van der Waals surface area contributed by atoms with Crippen LogP contribution in [-0.2, 0) is 25.6 Å². The highest BCUT2D eigenvalue weighted by atomic mass is 16.7. The molecule has 116 valence electrons. The number of methoxy groups -OCH3 is 1. The lowest BCUT2D eigenvalue weighted by molar-refractivity contribution is -0.289. The standard InChI is InChI=1S/C14H18O7/c1-19-14(18)12-9(15)11(10(16)13(17)21-12)20-7-8-5-3-2-4-6-8/h2-6,9-13,15-17H,7H2,1H3/t9-,10?,11-,12?,13?/m1/s1. The number of aliphatic hydroxyl groups is 3. The molecule has 3 unspecified atom stereocenters. The number of carbonyl (C=O) groups is 1. The van der Waals surface area contributed by atoms with Gasteiger partial charge < -0.3 is 29.5 Å². The fraction of sp³-hybridized carbons (Fsp3) is 0.500. The minimum Gasteiger partial charge on any atom is -0.467 e. The van der Waals surface area contributed by atoms with Crippen molar-refractivity contribution in [3.05, 3.63) is 35.9 Å². The summed E-state index contributed by atoms with van der Waals surface area (Å²) < 4.78 is 14.8. The lowest BCUT2D eigenvalue weighted by Gasteiger charge is -2.39. The maximum absolute atomic E-state index is 11.5. The van der Waals surface area contributed by atoms with E-state index < -0.39 is 36.7 Å². The minimum atomic E-state index is -1.64. The van der Waals surface area contributed by atoms with E-state index in [4.69, 9.17) is 9.47 Å². The van der Waals surface area contributed by atoms with E-state index >= 15 is 0 Å². The van der Waals surface area contributed by atoms with Gasteiger partial charge in [-0.15, -0.1) is 0 Å². The van der Waals surface area contributed by atoms with E-state index in [1.165, 1.54) is 0 Å². The smallest absolute Gasteiger partial charge is 0.337 e. The molecule has 2 rings (SSSR count). The Hall–Kier alpha value is -1.51. The number of hydrogen-bond acceptors (Lipinski definition) is 7. The van der Waals surface area contributed by atoms with Crippen LogP contribution >= 0.6 is 0 Å². The summed E-state index contributed by atoms with van der Waals surface area (Å²) in [6.45, 7) is 0.111. The second kappa shape index (κ2) is 6.97. The molecule has 0 radical (unpaired) electrons. The van der Waals surface area contributed by atoms with Crippen LogP contribution in [0.1, 0.15) is 5.56 Å². The quantitative estimate of drug-likeness (QED) is 0.624. The summed E-state index contributed by atoms with van der Waals surface area (Å²) in [6.07, 6.45) is -7.13. The molecule has 3 N–H and O–H groups in total. The summed E-state index contributed by atoms with van der Waals surface area (Å²) in [5.74, 6) is -0.846. The third kappa shape index (κ3) is 3.58. The van der Waals surface area contributed by atoms with Crippen LogP contribution in [0.5, 0.6) is 0 Å². The Morgan fingerprint density at radius 2 is 1.86 bits per heavy atom. The van der Waals surface area contributed by atoms with E-state index in [1.54, 1.807) is 0 Å². The van der Waals surface area contributed by atoms with Gasteiger partial charge in [0.2, 0.25) is 0 Å². The number of carbonyl (C=O) groups excluding carboxylic acids is 1. The predicted octanol–water partition coefficient (Wildman–Crippen LogP) is -0.816. The van der Waals surface area contributed by atoms with E-state index in [9.17, 15) is 20.1 Å². The number of esters is 1. The molecule has 0 saturated carbocycles. The van der Waals surface area contributed by atoms with E-state index in [-0.39, 0.29) is 6.61 Å². The van der Waals surface area contributed by atoms with Gasteiger partial charge in [-0.3, -0.25) is 0 Å². The van der Waals surface area contributed by atoms with Crippen LogP contribution in [0.25, 0.3) is 0 Å². The van der Waals surface area contributed by atoms with Gasteiger partial charge in [0.25, 0.3) is 0 Å². The average Bonchev–Trinajstić information content (AvgIpc) is 2.51. The minimum absolute atomic E-state index is 0.111. The molecule has 21 heavy (non-hydrogen) atoms. The van der Waals surface area contributed by atoms with E-state index in [2.05, 4.69) is 4.74 Å². The molecular formula is C14H18O7. The van der Waals surface area contributed by atoms with Crippen molar-refractivity contribution in [2.75, 3.05) is 7.11 Å². The summed E-state index contributed by atoms with van der Waals surface area (Å²) >= 11 is 0. The average molecular weight is 298 g/mol. The lowest BCUT2D eigenvalue weighted by atomic mass is 9.98. The van der Waals surface area contributed by atoms with Crippen LogP contribution in [0, 0.1) is 0 Å². The number of benzene rings is 1. The SMILES string of the molecule is COC(=O)C1OC(O)C(O)[C@H](OCc2ccccc2)[C@H]1O. The van der Waals surface area contributed by atoms with Gasteiger partial charge in [-0.2, -0.15) is 0 Å². The van der Waals surface area contributed by atoms with Crippen LogP contribution in [0.2, 0.25) is 0 Å². The topological polar surface area (TPSA) is 105 Å². The zero-order valence-corrected chi connectivity index (χ0v) is 11.5. The first kappa shape index (κ1) is 15.9. The summed E-state index contributed by atoms with van der Waals surface area (Å²) in [5.41, 5.74) is 0.826. The number of rotatable bonds is 4. The predicted molar refractivity (Wildman–Crippen MR) is 69.9 cm³/mol. The van der Waals surface area contributed by atoms with E-state index in [0.29, 0.717) is 0 Å². The third-order valence-electron chi connectivity index (χ3n) is 3.28. The maximum atomic E-state index is 11.5. The molecule has 1 aliphatic rings. The molecule has 0 spiro atoms. The van der Waals surface area contributed by atoms with Crippen molar-refractivity contribution in [2.24, 2.45) is 0 Å². The Labute approximate surface area is 121 Å². The van der Waals surface area contributed by atoms with Crippen molar-refractivity contribution >= 4 is 5.97 Å². The molecule has 7 nitrogen and oxygen atoms in total. The second-order valence-electron chi connectivity index (χ2n) is 4.71. The summed E-state index contributed by atoms with van der Waals surface area (Å²) in [5, 5.41) is 29.5. The van der Waals surface area contributed by atoms with Gasteiger partial charge in [-0.25, -0.2) is 4.79 Å². The zero-order chi connectivity index (χ0) is 15.4. The van der Waals surface area contributed by atoms with Gasteiger partial charge in [0.05, 0.1) is 13.7 Å². The largest absolute Gasteiger partial charge is 0.467 e. The molecule has 1 fully saturated rings. The number of ether oxygens (including phenoxy) is 3. The van der Waals surface area contributed by atoms with Crippen molar-refractivity contribution in [3.63, 3.8) is 0 Å². The first-order chi connectivity index (χ1) is 10.0.